The smallest absolute Gasteiger partial charge is 0.159 e. The van der Waals surface area contributed by atoms with E-state index >= 15 is 0 Å². The molecular weight excluding hydrogens is 270 g/mol. The van der Waals surface area contributed by atoms with E-state index < -0.39 is 0 Å². The minimum Gasteiger partial charge on any atom is -0.368 e. The summed E-state index contributed by atoms with van der Waals surface area (Å²) in [4.78, 5) is 0. The van der Waals surface area contributed by atoms with Gasteiger partial charge in [0.25, 0.3) is 0 Å². The van der Waals surface area contributed by atoms with E-state index in [9.17, 15) is 0 Å². The van der Waals surface area contributed by atoms with Crippen LogP contribution in [0.3, 0.4) is 0 Å². The van der Waals surface area contributed by atoms with Gasteiger partial charge < -0.3 is 5.32 Å². The molecular formula is C16H20ClN3. The van der Waals surface area contributed by atoms with Gasteiger partial charge in [-0.25, -0.2) is 0 Å². The van der Waals surface area contributed by atoms with Crippen LogP contribution in [0.25, 0.3) is 10.8 Å². The number of nitrogens with one attached hydrogen (secondary N) is 1. The van der Waals surface area contributed by atoms with Gasteiger partial charge in [0.15, 0.2) is 11.0 Å². The van der Waals surface area contributed by atoms with Crippen molar-refractivity contribution in [3.63, 3.8) is 0 Å². The summed E-state index contributed by atoms with van der Waals surface area (Å²) >= 11 is 6.09. The summed E-state index contributed by atoms with van der Waals surface area (Å²) < 4.78 is 0. The highest BCUT2D eigenvalue weighted by molar-refractivity contribution is 6.34. The van der Waals surface area contributed by atoms with Gasteiger partial charge in [0.1, 0.15) is 0 Å². The highest BCUT2D eigenvalue weighted by Gasteiger charge is 2.64. The Morgan fingerprint density at radius 3 is 2.25 bits per heavy atom. The van der Waals surface area contributed by atoms with Gasteiger partial charge in [-0.3, -0.25) is 0 Å². The van der Waals surface area contributed by atoms with E-state index in [2.05, 4.69) is 43.2 Å². The third kappa shape index (κ3) is 1.87. The van der Waals surface area contributed by atoms with Crippen molar-refractivity contribution in [1.29, 1.82) is 0 Å². The first-order chi connectivity index (χ1) is 9.35. The van der Waals surface area contributed by atoms with Crippen molar-refractivity contribution in [2.24, 2.45) is 16.7 Å². The van der Waals surface area contributed by atoms with E-state index in [0.717, 1.165) is 23.1 Å². The fraction of sp³-hybridized carbons (Fsp3) is 0.500. The summed E-state index contributed by atoms with van der Waals surface area (Å²) in [6.45, 7) is 10.2. The van der Waals surface area contributed by atoms with Gasteiger partial charge in [-0.1, -0.05) is 63.6 Å². The van der Waals surface area contributed by atoms with E-state index in [4.69, 9.17) is 11.6 Å². The van der Waals surface area contributed by atoms with E-state index in [0.29, 0.717) is 21.9 Å². The van der Waals surface area contributed by atoms with Crippen LogP contribution in [-0.2, 0) is 0 Å². The summed E-state index contributed by atoms with van der Waals surface area (Å²) in [5, 5.41) is 14.1. The van der Waals surface area contributed by atoms with Crippen molar-refractivity contribution in [2.45, 2.75) is 27.7 Å². The molecule has 0 atom stereocenters. The Labute approximate surface area is 124 Å². The summed E-state index contributed by atoms with van der Waals surface area (Å²) in [5.41, 5.74) is 0.741. The second-order valence-electron chi connectivity index (χ2n) is 6.76. The normalized spacial score (nSPS) is 20.1. The first-order valence-electron chi connectivity index (χ1n) is 7.00. The molecule has 1 aromatic carbocycles. The number of benzene rings is 1. The molecule has 0 unspecified atom stereocenters. The first-order valence-corrected chi connectivity index (χ1v) is 7.38. The van der Waals surface area contributed by atoms with Crippen LogP contribution in [0.2, 0.25) is 5.15 Å². The van der Waals surface area contributed by atoms with E-state index in [-0.39, 0.29) is 0 Å². The fourth-order valence-corrected chi connectivity index (χ4v) is 3.45. The maximum absolute atomic E-state index is 6.09. The summed E-state index contributed by atoms with van der Waals surface area (Å²) in [6.07, 6.45) is 0. The van der Waals surface area contributed by atoms with E-state index in [1.165, 1.54) is 0 Å². The molecule has 0 radical (unpaired) electrons. The standard InChI is InChI=1S/C16H20ClN3/c1-15(2)12(16(15,3)4)9-18-14-11-8-6-5-7-10(11)13(17)19-20-14/h5-8,12H,9H2,1-4H3,(H,18,20). The molecule has 1 heterocycles. The summed E-state index contributed by atoms with van der Waals surface area (Å²) in [5.74, 6) is 1.47. The predicted octanol–water partition coefficient (Wildman–Crippen LogP) is 4.38. The molecule has 3 nitrogen and oxygen atoms in total. The van der Waals surface area contributed by atoms with Crippen molar-refractivity contribution in [3.05, 3.63) is 29.4 Å². The van der Waals surface area contributed by atoms with Crippen LogP contribution in [-0.4, -0.2) is 16.7 Å². The lowest BCUT2D eigenvalue weighted by Crippen LogP contribution is -2.10. The Kier molecular flexibility index (Phi) is 2.94. The van der Waals surface area contributed by atoms with E-state index in [1.54, 1.807) is 0 Å². The van der Waals surface area contributed by atoms with Gasteiger partial charge in [-0.05, 0) is 16.7 Å². The molecule has 20 heavy (non-hydrogen) atoms. The van der Waals surface area contributed by atoms with Crippen LogP contribution in [0, 0.1) is 16.7 Å². The van der Waals surface area contributed by atoms with Crippen molar-refractivity contribution < 1.29 is 0 Å². The molecule has 1 N–H and O–H groups in total. The number of halogens is 1. The maximum atomic E-state index is 6.09. The maximum Gasteiger partial charge on any atom is 0.159 e. The van der Waals surface area contributed by atoms with Gasteiger partial charge in [0.05, 0.1) is 0 Å². The highest BCUT2D eigenvalue weighted by Crippen LogP contribution is 2.68. The number of aromatic nitrogens is 2. The Bertz CT molecular complexity index is 650. The average molecular weight is 290 g/mol. The summed E-state index contributed by atoms with van der Waals surface area (Å²) in [6, 6.07) is 7.97. The topological polar surface area (TPSA) is 37.8 Å². The van der Waals surface area contributed by atoms with Crippen LogP contribution in [0.4, 0.5) is 5.82 Å². The van der Waals surface area contributed by atoms with Gasteiger partial charge in [0, 0.05) is 17.3 Å². The molecule has 1 fully saturated rings. The lowest BCUT2D eigenvalue weighted by molar-refractivity contribution is 0.457. The van der Waals surface area contributed by atoms with E-state index in [1.807, 2.05) is 24.3 Å². The van der Waals surface area contributed by atoms with Gasteiger partial charge in [0.2, 0.25) is 0 Å². The van der Waals surface area contributed by atoms with Gasteiger partial charge in [-0.15, -0.1) is 10.2 Å². The van der Waals surface area contributed by atoms with Crippen LogP contribution in [0.1, 0.15) is 27.7 Å². The zero-order valence-electron chi connectivity index (χ0n) is 12.4. The Balaban J connectivity index is 1.85. The molecule has 2 aromatic rings. The van der Waals surface area contributed by atoms with Gasteiger partial charge in [-0.2, -0.15) is 0 Å². The molecule has 1 aromatic heterocycles. The molecule has 1 saturated carbocycles. The predicted molar refractivity (Wildman–Crippen MR) is 84.1 cm³/mol. The minimum absolute atomic E-state index is 0.371. The minimum atomic E-state index is 0.371. The largest absolute Gasteiger partial charge is 0.368 e. The van der Waals surface area contributed by atoms with Crippen LogP contribution in [0.15, 0.2) is 24.3 Å². The molecule has 0 spiro atoms. The number of fused-ring (bicyclic) bond motifs is 1. The molecule has 0 aliphatic heterocycles. The fourth-order valence-electron chi connectivity index (χ4n) is 3.24. The number of hydrogen-bond acceptors (Lipinski definition) is 3. The van der Waals surface area contributed by atoms with Gasteiger partial charge >= 0.3 is 0 Å². The van der Waals surface area contributed by atoms with Crippen molar-refractivity contribution in [2.75, 3.05) is 11.9 Å². The lowest BCUT2D eigenvalue weighted by Gasteiger charge is -2.09. The van der Waals surface area contributed by atoms with Crippen LogP contribution in [0.5, 0.6) is 0 Å². The third-order valence-corrected chi connectivity index (χ3v) is 5.71. The second-order valence-corrected chi connectivity index (χ2v) is 7.12. The zero-order valence-corrected chi connectivity index (χ0v) is 13.1. The SMILES string of the molecule is CC1(C)C(CNc2nnc(Cl)c3ccccc23)C1(C)C. The first kappa shape index (κ1) is 13.6. The highest BCUT2D eigenvalue weighted by atomic mass is 35.5. The Hall–Kier alpha value is -1.35. The summed E-state index contributed by atoms with van der Waals surface area (Å²) in [7, 11) is 0. The second kappa shape index (κ2) is 4.32. The van der Waals surface area contributed by atoms with Crippen molar-refractivity contribution >= 4 is 28.2 Å². The number of anilines is 1. The molecule has 1 aliphatic rings. The number of nitrogens with zero attached hydrogens (tertiary/aromatic N) is 2. The molecule has 0 bridgehead atoms. The molecule has 0 amide bonds. The average Bonchev–Trinajstić information content (AvgIpc) is 2.80. The molecule has 4 heteroatoms. The molecule has 1 aliphatic carbocycles. The van der Waals surface area contributed by atoms with Crippen LogP contribution < -0.4 is 5.32 Å². The molecule has 0 saturated heterocycles. The third-order valence-electron chi connectivity index (χ3n) is 5.44. The molecule has 106 valence electrons. The molecule has 3 rings (SSSR count). The van der Waals surface area contributed by atoms with Crippen molar-refractivity contribution in [3.8, 4) is 0 Å². The lowest BCUT2D eigenvalue weighted by atomic mass is 10.0. The number of hydrogen-bond donors (Lipinski definition) is 1. The quantitative estimate of drug-likeness (QED) is 0.911. The Morgan fingerprint density at radius 1 is 1.05 bits per heavy atom. The van der Waals surface area contributed by atoms with Crippen molar-refractivity contribution in [1.82, 2.24) is 10.2 Å². The Morgan fingerprint density at radius 2 is 1.65 bits per heavy atom. The van der Waals surface area contributed by atoms with Crippen LogP contribution >= 0.6 is 11.6 Å². The monoisotopic (exact) mass is 289 g/mol. The zero-order chi connectivity index (χ0) is 14.5. The number of rotatable bonds is 3.